The summed E-state index contributed by atoms with van der Waals surface area (Å²) in [6.45, 7) is 7.62. The van der Waals surface area contributed by atoms with Crippen molar-refractivity contribution in [1.82, 2.24) is 35.4 Å². The van der Waals surface area contributed by atoms with E-state index < -0.39 is 17.2 Å². The molecule has 0 unspecified atom stereocenters. The fourth-order valence-electron chi connectivity index (χ4n) is 3.49. The molecule has 4 rings (SSSR count). The quantitative estimate of drug-likeness (QED) is 0.460. The lowest BCUT2D eigenvalue weighted by Gasteiger charge is -2.18. The third-order valence-electron chi connectivity index (χ3n) is 5.22. The Morgan fingerprint density at radius 1 is 0.969 bits per heavy atom. The number of tetrazole rings is 1. The summed E-state index contributed by atoms with van der Waals surface area (Å²) in [5.41, 5.74) is 3.35. The number of aromatic amines is 1. The standard InChI is InChI=1S/C23H25F2N7/c1-5-23(24,25)20-26-21(22(2,3)4)32(29-20)14-15-10-12-16(13-11-15)17-8-6-7-9-18(17)19-27-30-31-28-19/h6-13H,5,14H2,1-4H3,(H,27,28,30,31). The Balaban J connectivity index is 1.65. The van der Waals surface area contributed by atoms with Gasteiger partial charge in [0.15, 0.2) is 0 Å². The molecule has 0 aliphatic carbocycles. The molecule has 0 atom stereocenters. The van der Waals surface area contributed by atoms with Crippen molar-refractivity contribution in [3.8, 4) is 22.5 Å². The highest BCUT2D eigenvalue weighted by Gasteiger charge is 2.36. The zero-order chi connectivity index (χ0) is 22.9. The molecule has 0 radical (unpaired) electrons. The summed E-state index contributed by atoms with van der Waals surface area (Å²) in [5, 5.41) is 18.5. The molecule has 0 bridgehead atoms. The second-order valence-electron chi connectivity index (χ2n) is 8.70. The van der Waals surface area contributed by atoms with Gasteiger partial charge in [-0.15, -0.1) is 15.3 Å². The molecule has 32 heavy (non-hydrogen) atoms. The average molecular weight is 437 g/mol. The summed E-state index contributed by atoms with van der Waals surface area (Å²) >= 11 is 0. The van der Waals surface area contributed by atoms with Gasteiger partial charge >= 0.3 is 5.92 Å². The molecule has 2 aromatic carbocycles. The minimum atomic E-state index is -3.05. The maximum absolute atomic E-state index is 14.2. The topological polar surface area (TPSA) is 85.2 Å². The Morgan fingerprint density at radius 3 is 2.25 bits per heavy atom. The minimum Gasteiger partial charge on any atom is -0.245 e. The minimum absolute atomic E-state index is 0.338. The number of halogens is 2. The molecule has 0 saturated carbocycles. The fourth-order valence-corrected chi connectivity index (χ4v) is 3.49. The van der Waals surface area contributed by atoms with Crippen molar-refractivity contribution in [2.75, 3.05) is 0 Å². The number of aromatic nitrogens is 7. The van der Waals surface area contributed by atoms with Gasteiger partial charge < -0.3 is 0 Å². The number of H-pyrrole nitrogens is 1. The van der Waals surface area contributed by atoms with E-state index in [0.29, 0.717) is 18.2 Å². The highest BCUT2D eigenvalue weighted by Crippen LogP contribution is 2.32. The highest BCUT2D eigenvalue weighted by atomic mass is 19.3. The zero-order valence-corrected chi connectivity index (χ0v) is 18.5. The predicted molar refractivity (Wildman–Crippen MR) is 117 cm³/mol. The molecule has 9 heteroatoms. The zero-order valence-electron chi connectivity index (χ0n) is 18.5. The van der Waals surface area contributed by atoms with E-state index in [9.17, 15) is 8.78 Å². The van der Waals surface area contributed by atoms with Gasteiger partial charge in [0.1, 0.15) is 5.82 Å². The Bertz CT molecular complexity index is 1190. The van der Waals surface area contributed by atoms with E-state index in [1.807, 2.05) is 69.3 Å². The van der Waals surface area contributed by atoms with Gasteiger partial charge in [0.2, 0.25) is 11.6 Å². The summed E-state index contributed by atoms with van der Waals surface area (Å²) in [6, 6.07) is 15.7. The Morgan fingerprint density at radius 2 is 1.66 bits per heavy atom. The maximum Gasteiger partial charge on any atom is 0.308 e. The molecule has 0 fully saturated rings. The highest BCUT2D eigenvalue weighted by molar-refractivity contribution is 5.80. The largest absolute Gasteiger partial charge is 0.308 e. The van der Waals surface area contributed by atoms with E-state index in [1.54, 1.807) is 4.68 Å². The van der Waals surface area contributed by atoms with Gasteiger partial charge in [-0.05, 0) is 21.9 Å². The number of benzene rings is 2. The van der Waals surface area contributed by atoms with Gasteiger partial charge in [0.25, 0.3) is 0 Å². The molecule has 0 aliphatic heterocycles. The van der Waals surface area contributed by atoms with E-state index in [0.717, 1.165) is 22.3 Å². The third kappa shape index (κ3) is 4.28. The van der Waals surface area contributed by atoms with Crippen molar-refractivity contribution < 1.29 is 8.78 Å². The second kappa shape index (κ2) is 8.22. The molecule has 0 amide bonds. The van der Waals surface area contributed by atoms with Crippen LogP contribution < -0.4 is 0 Å². The van der Waals surface area contributed by atoms with E-state index in [2.05, 4.69) is 30.7 Å². The molecule has 0 aliphatic rings. The van der Waals surface area contributed by atoms with Crippen molar-refractivity contribution in [2.45, 2.75) is 52.0 Å². The molecule has 1 N–H and O–H groups in total. The van der Waals surface area contributed by atoms with Crippen LogP contribution >= 0.6 is 0 Å². The van der Waals surface area contributed by atoms with E-state index in [1.165, 1.54) is 6.92 Å². The van der Waals surface area contributed by atoms with Gasteiger partial charge in [0.05, 0.1) is 6.54 Å². The summed E-state index contributed by atoms with van der Waals surface area (Å²) in [7, 11) is 0. The molecular formula is C23H25F2N7. The third-order valence-corrected chi connectivity index (χ3v) is 5.22. The van der Waals surface area contributed by atoms with Gasteiger partial charge in [-0.2, -0.15) is 14.0 Å². The maximum atomic E-state index is 14.2. The van der Waals surface area contributed by atoms with Gasteiger partial charge in [-0.25, -0.2) is 9.67 Å². The van der Waals surface area contributed by atoms with Crippen LogP contribution in [0.2, 0.25) is 0 Å². The Labute approximate surface area is 184 Å². The number of nitrogens with one attached hydrogen (secondary N) is 1. The first-order valence-corrected chi connectivity index (χ1v) is 10.4. The van der Waals surface area contributed by atoms with Crippen molar-refractivity contribution in [3.63, 3.8) is 0 Å². The normalized spacial score (nSPS) is 12.3. The van der Waals surface area contributed by atoms with Crippen LogP contribution in [0, 0.1) is 0 Å². The monoisotopic (exact) mass is 437 g/mol. The molecule has 0 saturated heterocycles. The van der Waals surface area contributed by atoms with Gasteiger partial charge in [0, 0.05) is 17.4 Å². The molecule has 4 aromatic rings. The molecule has 0 spiro atoms. The first kappa shape index (κ1) is 21.7. The lowest BCUT2D eigenvalue weighted by Crippen LogP contribution is -2.20. The molecule has 166 valence electrons. The number of rotatable bonds is 6. The number of hydrogen-bond donors (Lipinski definition) is 1. The Kier molecular flexibility index (Phi) is 5.58. The molecule has 2 aromatic heterocycles. The number of alkyl halides is 2. The van der Waals surface area contributed by atoms with Crippen LogP contribution in [0.4, 0.5) is 8.78 Å². The Hall–Kier alpha value is -3.49. The summed E-state index contributed by atoms with van der Waals surface area (Å²) < 4.78 is 30.1. The summed E-state index contributed by atoms with van der Waals surface area (Å²) in [4.78, 5) is 4.20. The van der Waals surface area contributed by atoms with Crippen molar-refractivity contribution in [1.29, 1.82) is 0 Å². The fraction of sp³-hybridized carbons (Fsp3) is 0.348. The van der Waals surface area contributed by atoms with E-state index >= 15 is 0 Å². The molecular weight excluding hydrogens is 412 g/mol. The van der Waals surface area contributed by atoms with Crippen LogP contribution in [0.5, 0.6) is 0 Å². The summed E-state index contributed by atoms with van der Waals surface area (Å²) in [6.07, 6.45) is -0.338. The molecule has 7 nitrogen and oxygen atoms in total. The van der Waals surface area contributed by atoms with Crippen molar-refractivity contribution in [2.24, 2.45) is 0 Å². The van der Waals surface area contributed by atoms with Crippen LogP contribution in [0.25, 0.3) is 22.5 Å². The van der Waals surface area contributed by atoms with E-state index in [4.69, 9.17) is 0 Å². The van der Waals surface area contributed by atoms with Gasteiger partial charge in [-0.1, -0.05) is 76.2 Å². The second-order valence-corrected chi connectivity index (χ2v) is 8.70. The summed E-state index contributed by atoms with van der Waals surface area (Å²) in [5.74, 6) is -2.41. The number of nitrogens with zero attached hydrogens (tertiary/aromatic N) is 6. The van der Waals surface area contributed by atoms with Crippen LogP contribution in [0.3, 0.4) is 0 Å². The first-order valence-electron chi connectivity index (χ1n) is 10.4. The number of hydrogen-bond acceptors (Lipinski definition) is 5. The van der Waals surface area contributed by atoms with Crippen molar-refractivity contribution in [3.05, 3.63) is 65.7 Å². The lowest BCUT2D eigenvalue weighted by molar-refractivity contribution is -0.0177. The van der Waals surface area contributed by atoms with E-state index in [-0.39, 0.29) is 6.42 Å². The van der Waals surface area contributed by atoms with Crippen LogP contribution in [0.15, 0.2) is 48.5 Å². The van der Waals surface area contributed by atoms with Crippen LogP contribution in [0.1, 0.15) is 51.3 Å². The van der Waals surface area contributed by atoms with Crippen molar-refractivity contribution >= 4 is 0 Å². The average Bonchev–Trinajstić information content (AvgIpc) is 3.45. The smallest absolute Gasteiger partial charge is 0.245 e. The predicted octanol–water partition coefficient (Wildman–Crippen LogP) is 4.97. The SMILES string of the molecule is CCC(F)(F)c1nc(C(C)(C)C)n(Cc2ccc(-c3ccccc3-c3nn[nH]n3)cc2)n1. The lowest BCUT2D eigenvalue weighted by atomic mass is 9.95. The van der Waals surface area contributed by atoms with Gasteiger partial charge in [-0.3, -0.25) is 0 Å². The van der Waals surface area contributed by atoms with Crippen LogP contribution in [-0.2, 0) is 17.9 Å². The molecule has 2 heterocycles. The van der Waals surface area contributed by atoms with Crippen LogP contribution in [-0.4, -0.2) is 35.4 Å². The first-order chi connectivity index (χ1) is 15.2.